The SMILES string of the molecule is C#CC(=O)[O][Ti+]([O]C(=O)C#C)[CH]1CCCC2=C1CC1=C2CCCC1.[Cl-]. The summed E-state index contributed by atoms with van der Waals surface area (Å²) in [7, 11) is 0. The van der Waals surface area contributed by atoms with Gasteiger partial charge in [-0.1, -0.05) is 0 Å². The molecule has 0 fully saturated rings. The van der Waals surface area contributed by atoms with E-state index >= 15 is 0 Å². The Balaban J connectivity index is 0.00000225. The van der Waals surface area contributed by atoms with Crippen molar-refractivity contribution >= 4 is 11.9 Å². The van der Waals surface area contributed by atoms with Gasteiger partial charge in [0.15, 0.2) is 0 Å². The van der Waals surface area contributed by atoms with Gasteiger partial charge in [-0.15, -0.1) is 0 Å². The van der Waals surface area contributed by atoms with Gasteiger partial charge in [0.1, 0.15) is 0 Å². The largest absolute Gasteiger partial charge is 1.00 e. The quantitative estimate of drug-likeness (QED) is 0.511. The van der Waals surface area contributed by atoms with Crippen molar-refractivity contribution in [1.29, 1.82) is 0 Å². The van der Waals surface area contributed by atoms with E-state index in [-0.39, 0.29) is 16.6 Å². The molecule has 0 saturated heterocycles. The van der Waals surface area contributed by atoms with E-state index in [2.05, 4.69) is 0 Å². The molecule has 0 bridgehead atoms. The minimum absolute atomic E-state index is 0. The maximum atomic E-state index is 11.6. The molecule has 0 aromatic carbocycles. The van der Waals surface area contributed by atoms with Crippen molar-refractivity contribution in [2.24, 2.45) is 0 Å². The molecule has 1 unspecified atom stereocenters. The van der Waals surface area contributed by atoms with Crippen molar-refractivity contribution in [1.82, 2.24) is 0 Å². The summed E-state index contributed by atoms with van der Waals surface area (Å²) in [6, 6.07) is 0. The monoisotopic (exact) mass is 394 g/mol. The standard InChI is InChI=1S/C13H17.2C3H2O2.ClH.Ti/c1-3-7-12-10(5-1)9-11-6-2-4-8-13(11)12;2*1-2-3(4)5;;/h5H,1-4,6-9H2;2*1H,(H,4,5);1H;/q;;;;+3/p-3. The van der Waals surface area contributed by atoms with Crippen LogP contribution >= 0.6 is 0 Å². The Kier molecular flexibility index (Phi) is 6.97. The summed E-state index contributed by atoms with van der Waals surface area (Å²) in [5.74, 6) is 2.36. The summed E-state index contributed by atoms with van der Waals surface area (Å²) in [6.07, 6.45) is 18.9. The fraction of sp³-hybridized carbons (Fsp3) is 0.474. The minimum atomic E-state index is -2.99. The Morgan fingerprint density at radius 3 is 2.20 bits per heavy atom. The van der Waals surface area contributed by atoms with Crippen LogP contribution in [0.5, 0.6) is 0 Å². The van der Waals surface area contributed by atoms with Crippen LogP contribution in [0.25, 0.3) is 0 Å². The number of allylic oxidation sites excluding steroid dienone is 4. The fourth-order valence-electron chi connectivity index (χ4n) is 4.02. The van der Waals surface area contributed by atoms with Gasteiger partial charge in [0, 0.05) is 0 Å². The van der Waals surface area contributed by atoms with Crippen molar-refractivity contribution < 1.29 is 47.3 Å². The van der Waals surface area contributed by atoms with Gasteiger partial charge in [0.25, 0.3) is 0 Å². The van der Waals surface area contributed by atoms with Crippen LogP contribution in [0.3, 0.4) is 0 Å². The van der Waals surface area contributed by atoms with Crippen LogP contribution < -0.4 is 12.4 Å². The Morgan fingerprint density at radius 2 is 1.56 bits per heavy atom. The van der Waals surface area contributed by atoms with E-state index in [4.69, 9.17) is 19.5 Å². The van der Waals surface area contributed by atoms with Crippen molar-refractivity contribution in [3.8, 4) is 24.7 Å². The minimum Gasteiger partial charge on any atom is -1.00 e. The van der Waals surface area contributed by atoms with E-state index < -0.39 is 30.6 Å². The van der Waals surface area contributed by atoms with E-state index in [0.29, 0.717) is 0 Å². The summed E-state index contributed by atoms with van der Waals surface area (Å²) in [6.45, 7) is 0. The molecular weight excluding hydrogens is 376 g/mol. The third kappa shape index (κ3) is 4.21. The number of terminal acetylenes is 2. The number of fused-ring (bicyclic) bond motifs is 1. The average Bonchev–Trinajstić information content (AvgIpc) is 2.99. The van der Waals surface area contributed by atoms with Gasteiger partial charge in [-0.05, 0) is 0 Å². The van der Waals surface area contributed by atoms with Gasteiger partial charge in [-0.3, -0.25) is 0 Å². The Morgan fingerprint density at radius 1 is 0.960 bits per heavy atom. The summed E-state index contributed by atoms with van der Waals surface area (Å²) < 4.78 is 10.8. The predicted octanol–water partition coefficient (Wildman–Crippen LogP) is 0.335. The number of hydrogen-bond donors (Lipinski definition) is 0. The molecule has 0 N–H and O–H groups in total. The van der Waals surface area contributed by atoms with Gasteiger partial charge in [0.05, 0.1) is 0 Å². The Labute approximate surface area is 161 Å². The maximum absolute atomic E-state index is 11.6. The van der Waals surface area contributed by atoms with Gasteiger partial charge in [-0.2, -0.15) is 0 Å². The molecule has 6 heteroatoms. The zero-order valence-corrected chi connectivity index (χ0v) is 16.2. The van der Waals surface area contributed by atoms with Crippen molar-refractivity contribution in [2.75, 3.05) is 0 Å². The van der Waals surface area contributed by atoms with Crippen LogP contribution in [0.2, 0.25) is 4.22 Å². The molecule has 0 aliphatic heterocycles. The second kappa shape index (κ2) is 8.77. The summed E-state index contributed by atoms with van der Waals surface area (Å²) in [5, 5.41) is 0. The number of carbonyl (C=O) groups excluding carboxylic acids is 2. The predicted molar refractivity (Wildman–Crippen MR) is 84.6 cm³/mol. The molecule has 0 saturated carbocycles. The molecule has 1 atom stereocenters. The zero-order chi connectivity index (χ0) is 17.1. The molecule has 4 nitrogen and oxygen atoms in total. The third-order valence-corrected chi connectivity index (χ3v) is 8.08. The molecule has 0 amide bonds. The van der Waals surface area contributed by atoms with Crippen molar-refractivity contribution in [2.45, 2.75) is 55.6 Å². The zero-order valence-electron chi connectivity index (χ0n) is 13.9. The van der Waals surface area contributed by atoms with Crippen LogP contribution in [0.4, 0.5) is 0 Å². The Hall–Kier alpha value is -1.46. The molecule has 0 aromatic rings. The maximum Gasteiger partial charge on any atom is -1.00 e. The first-order chi connectivity index (χ1) is 11.6. The summed E-state index contributed by atoms with van der Waals surface area (Å²) in [5.41, 5.74) is 5.80. The second-order valence-corrected chi connectivity index (χ2v) is 9.02. The van der Waals surface area contributed by atoms with Gasteiger partial charge < -0.3 is 12.4 Å². The Bertz CT molecular complexity index is 695. The van der Waals surface area contributed by atoms with E-state index in [0.717, 1.165) is 38.5 Å². The molecule has 0 radical (unpaired) electrons. The molecule has 0 aromatic heterocycles. The average molecular weight is 395 g/mol. The van der Waals surface area contributed by atoms with Crippen LogP contribution in [-0.2, 0) is 34.9 Å². The van der Waals surface area contributed by atoms with Crippen LogP contribution in [0.15, 0.2) is 22.3 Å². The number of carbonyl (C=O) groups is 2. The molecule has 3 aliphatic carbocycles. The van der Waals surface area contributed by atoms with Crippen LogP contribution in [0, 0.1) is 24.7 Å². The first-order valence-corrected chi connectivity index (χ1v) is 10.5. The first-order valence-electron chi connectivity index (χ1n) is 8.31. The van der Waals surface area contributed by atoms with Gasteiger partial charge >= 0.3 is 149 Å². The molecule has 3 rings (SSSR count). The van der Waals surface area contributed by atoms with Gasteiger partial charge in [0.2, 0.25) is 0 Å². The molecule has 0 spiro atoms. The number of hydrogen-bond acceptors (Lipinski definition) is 4. The van der Waals surface area contributed by atoms with E-state index in [1.807, 2.05) is 11.8 Å². The van der Waals surface area contributed by atoms with Crippen LogP contribution in [-0.4, -0.2) is 11.9 Å². The van der Waals surface area contributed by atoms with Crippen molar-refractivity contribution in [3.63, 3.8) is 0 Å². The molecule has 0 heterocycles. The number of halogens is 1. The number of rotatable bonds is 3. The molecule has 3 aliphatic rings. The van der Waals surface area contributed by atoms with Gasteiger partial charge in [-0.25, -0.2) is 0 Å². The van der Waals surface area contributed by atoms with E-state index in [1.165, 1.54) is 35.1 Å². The molecular formula is C19H19ClO4Ti. The normalized spacial score (nSPS) is 21.1. The summed E-state index contributed by atoms with van der Waals surface area (Å²) >= 11 is -2.99. The first kappa shape index (κ1) is 19.9. The van der Waals surface area contributed by atoms with Crippen LogP contribution in [0.1, 0.15) is 51.4 Å². The van der Waals surface area contributed by atoms with E-state index in [1.54, 1.807) is 0 Å². The topological polar surface area (TPSA) is 52.6 Å². The fourth-order valence-corrected chi connectivity index (χ4v) is 6.85. The van der Waals surface area contributed by atoms with E-state index in [9.17, 15) is 9.59 Å². The third-order valence-electron chi connectivity index (χ3n) is 4.98. The molecule has 25 heavy (non-hydrogen) atoms. The molecule has 130 valence electrons. The smallest absolute Gasteiger partial charge is 1.00 e. The summed E-state index contributed by atoms with van der Waals surface area (Å²) in [4.78, 5) is 23.2. The van der Waals surface area contributed by atoms with Crippen molar-refractivity contribution in [3.05, 3.63) is 22.3 Å². The second-order valence-electron chi connectivity index (χ2n) is 6.30.